The Morgan fingerprint density at radius 3 is 2.53 bits per heavy atom. The molecule has 2 aromatic rings. The van der Waals surface area contributed by atoms with E-state index in [1.165, 1.54) is 12.3 Å². The van der Waals surface area contributed by atoms with Crippen molar-refractivity contribution in [3.05, 3.63) is 42.2 Å². The molecule has 1 heterocycles. The van der Waals surface area contributed by atoms with Crippen LogP contribution < -0.4 is 10.5 Å². The van der Waals surface area contributed by atoms with Gasteiger partial charge in [0.15, 0.2) is 0 Å². The van der Waals surface area contributed by atoms with Gasteiger partial charge in [0, 0.05) is 29.0 Å². The fourth-order valence-electron chi connectivity index (χ4n) is 1.57. The molecule has 5 nitrogen and oxygen atoms in total. The topological polar surface area (TPSA) is 88.0 Å². The van der Waals surface area contributed by atoms with E-state index in [9.17, 15) is 8.42 Å². The molecule has 0 amide bonds. The Morgan fingerprint density at radius 2 is 2.00 bits per heavy atom. The fraction of sp³-hybridized carbons (Fsp3) is 0.167. The van der Waals surface area contributed by atoms with Gasteiger partial charge in [0.05, 0.1) is 0 Å². The molecule has 1 aromatic carbocycles. The second-order valence-electron chi connectivity index (χ2n) is 3.90. The standard InChI is InChI=1S/C12H15N3O2S2/c1-18-11-4-2-9(3-5-11)15-19(16,17)12-6-10(7-13)14-8-12/h2-6,8,14-15H,7,13H2,1H3. The summed E-state index contributed by atoms with van der Waals surface area (Å²) in [4.78, 5) is 4.08. The quantitative estimate of drug-likeness (QED) is 0.737. The molecular weight excluding hydrogens is 282 g/mol. The molecule has 0 unspecified atom stereocenters. The van der Waals surface area contributed by atoms with Crippen molar-refractivity contribution < 1.29 is 8.42 Å². The minimum absolute atomic E-state index is 0.182. The van der Waals surface area contributed by atoms with Crippen molar-refractivity contribution in [1.82, 2.24) is 4.98 Å². The SMILES string of the molecule is CSc1ccc(NS(=O)(=O)c2c[nH]c(CN)c2)cc1. The number of nitrogens with one attached hydrogen (secondary N) is 2. The van der Waals surface area contributed by atoms with Crippen molar-refractivity contribution in [2.45, 2.75) is 16.3 Å². The summed E-state index contributed by atoms with van der Waals surface area (Å²) in [5.74, 6) is 0. The predicted octanol–water partition coefficient (Wildman–Crippen LogP) is 2.00. The second-order valence-corrected chi connectivity index (χ2v) is 6.46. The first kappa shape index (κ1) is 14.0. The number of H-pyrrole nitrogens is 1. The lowest BCUT2D eigenvalue weighted by Gasteiger charge is -2.06. The third kappa shape index (κ3) is 3.31. The molecular formula is C12H15N3O2S2. The van der Waals surface area contributed by atoms with E-state index >= 15 is 0 Å². The van der Waals surface area contributed by atoms with Crippen molar-refractivity contribution in [3.8, 4) is 0 Å². The van der Waals surface area contributed by atoms with Gasteiger partial charge in [0.1, 0.15) is 4.90 Å². The highest BCUT2D eigenvalue weighted by atomic mass is 32.2. The van der Waals surface area contributed by atoms with Gasteiger partial charge < -0.3 is 10.7 Å². The first-order valence-corrected chi connectivity index (χ1v) is 8.30. The number of aromatic nitrogens is 1. The van der Waals surface area contributed by atoms with E-state index in [1.54, 1.807) is 23.9 Å². The van der Waals surface area contributed by atoms with E-state index in [2.05, 4.69) is 9.71 Å². The summed E-state index contributed by atoms with van der Waals surface area (Å²) in [5.41, 5.74) is 6.66. The molecule has 2 rings (SSSR count). The van der Waals surface area contributed by atoms with Gasteiger partial charge in [0.2, 0.25) is 0 Å². The average molecular weight is 297 g/mol. The fourth-order valence-corrected chi connectivity index (χ4v) is 3.05. The van der Waals surface area contributed by atoms with Crippen LogP contribution in [0.15, 0.2) is 46.3 Å². The molecule has 0 aliphatic heterocycles. The zero-order chi connectivity index (χ0) is 13.9. The molecule has 0 saturated carbocycles. The molecule has 1 aromatic heterocycles. The van der Waals surface area contributed by atoms with Crippen LogP contribution in [-0.4, -0.2) is 19.7 Å². The summed E-state index contributed by atoms with van der Waals surface area (Å²) < 4.78 is 26.7. The first-order chi connectivity index (χ1) is 9.05. The number of hydrogen-bond donors (Lipinski definition) is 3. The number of anilines is 1. The third-order valence-electron chi connectivity index (χ3n) is 2.59. The minimum Gasteiger partial charge on any atom is -0.363 e. The first-order valence-electron chi connectivity index (χ1n) is 5.59. The van der Waals surface area contributed by atoms with Crippen LogP contribution in [0.5, 0.6) is 0 Å². The highest BCUT2D eigenvalue weighted by molar-refractivity contribution is 7.98. The smallest absolute Gasteiger partial charge is 0.263 e. The van der Waals surface area contributed by atoms with Gasteiger partial charge in [-0.15, -0.1) is 11.8 Å². The van der Waals surface area contributed by atoms with Crippen LogP contribution in [0.4, 0.5) is 5.69 Å². The number of nitrogens with two attached hydrogens (primary N) is 1. The van der Waals surface area contributed by atoms with Crippen molar-refractivity contribution >= 4 is 27.5 Å². The molecule has 7 heteroatoms. The second kappa shape index (κ2) is 5.68. The zero-order valence-electron chi connectivity index (χ0n) is 10.4. The van der Waals surface area contributed by atoms with Crippen molar-refractivity contribution in [1.29, 1.82) is 0 Å². The summed E-state index contributed by atoms with van der Waals surface area (Å²) in [6.07, 6.45) is 3.40. The molecule has 4 N–H and O–H groups in total. The van der Waals surface area contributed by atoms with Crippen LogP contribution in [0.1, 0.15) is 5.69 Å². The molecule has 0 spiro atoms. The van der Waals surface area contributed by atoms with Crippen LogP contribution >= 0.6 is 11.8 Å². The highest BCUT2D eigenvalue weighted by Gasteiger charge is 2.15. The van der Waals surface area contributed by atoms with E-state index in [0.717, 1.165) is 4.90 Å². The lowest BCUT2D eigenvalue weighted by Crippen LogP contribution is -2.12. The largest absolute Gasteiger partial charge is 0.363 e. The molecule has 0 radical (unpaired) electrons. The van der Waals surface area contributed by atoms with Crippen LogP contribution in [0.3, 0.4) is 0 Å². The zero-order valence-corrected chi connectivity index (χ0v) is 12.0. The lowest BCUT2D eigenvalue weighted by molar-refractivity contribution is 0.601. The van der Waals surface area contributed by atoms with E-state index in [1.807, 2.05) is 18.4 Å². The third-order valence-corrected chi connectivity index (χ3v) is 4.69. The van der Waals surface area contributed by atoms with Crippen LogP contribution in [0, 0.1) is 0 Å². The van der Waals surface area contributed by atoms with Crippen molar-refractivity contribution in [2.75, 3.05) is 11.0 Å². The predicted molar refractivity (Wildman–Crippen MR) is 77.7 cm³/mol. The van der Waals surface area contributed by atoms with Gasteiger partial charge >= 0.3 is 0 Å². The number of thioether (sulfide) groups is 1. The van der Waals surface area contributed by atoms with Gasteiger partial charge in [0.25, 0.3) is 10.0 Å². The van der Waals surface area contributed by atoms with Gasteiger partial charge in [-0.05, 0) is 36.6 Å². The summed E-state index contributed by atoms with van der Waals surface area (Å²) in [5, 5.41) is 0. The van der Waals surface area contributed by atoms with E-state index in [4.69, 9.17) is 5.73 Å². The van der Waals surface area contributed by atoms with Gasteiger partial charge in [-0.25, -0.2) is 8.42 Å². The van der Waals surface area contributed by atoms with Crippen molar-refractivity contribution in [2.24, 2.45) is 5.73 Å². The number of rotatable bonds is 5. The summed E-state index contributed by atoms with van der Waals surface area (Å²) >= 11 is 1.60. The summed E-state index contributed by atoms with van der Waals surface area (Å²) in [6, 6.07) is 8.73. The molecule has 0 aliphatic carbocycles. The Labute approximate surface area is 116 Å². The van der Waals surface area contributed by atoms with E-state index < -0.39 is 10.0 Å². The number of hydrogen-bond acceptors (Lipinski definition) is 4. The number of sulfonamides is 1. The Balaban J connectivity index is 2.20. The Hall–Kier alpha value is -1.44. The molecule has 102 valence electrons. The van der Waals surface area contributed by atoms with E-state index in [0.29, 0.717) is 11.4 Å². The maximum absolute atomic E-state index is 12.1. The van der Waals surface area contributed by atoms with Gasteiger partial charge in [-0.3, -0.25) is 4.72 Å². The Kier molecular flexibility index (Phi) is 4.18. The normalized spacial score (nSPS) is 11.5. The summed E-state index contributed by atoms with van der Waals surface area (Å²) in [6.45, 7) is 0.276. The lowest BCUT2D eigenvalue weighted by atomic mass is 10.3. The molecule has 0 fully saturated rings. The minimum atomic E-state index is -3.57. The Bertz CT molecular complexity index is 648. The maximum Gasteiger partial charge on any atom is 0.263 e. The molecule has 19 heavy (non-hydrogen) atoms. The number of aromatic amines is 1. The van der Waals surface area contributed by atoms with E-state index in [-0.39, 0.29) is 11.4 Å². The van der Waals surface area contributed by atoms with Crippen LogP contribution in [0.2, 0.25) is 0 Å². The van der Waals surface area contributed by atoms with Crippen molar-refractivity contribution in [3.63, 3.8) is 0 Å². The van der Waals surface area contributed by atoms with Crippen LogP contribution in [-0.2, 0) is 16.6 Å². The number of benzene rings is 1. The maximum atomic E-state index is 12.1. The van der Waals surface area contributed by atoms with Crippen LogP contribution in [0.25, 0.3) is 0 Å². The summed E-state index contributed by atoms with van der Waals surface area (Å²) in [7, 11) is -3.57. The monoisotopic (exact) mass is 297 g/mol. The molecule has 0 atom stereocenters. The molecule has 0 saturated heterocycles. The Morgan fingerprint density at radius 1 is 1.32 bits per heavy atom. The average Bonchev–Trinajstić information content (AvgIpc) is 2.89. The van der Waals surface area contributed by atoms with Gasteiger partial charge in [-0.2, -0.15) is 0 Å². The molecule has 0 bridgehead atoms. The highest BCUT2D eigenvalue weighted by Crippen LogP contribution is 2.20. The molecule has 0 aliphatic rings. The van der Waals surface area contributed by atoms with Gasteiger partial charge in [-0.1, -0.05) is 0 Å².